The van der Waals surface area contributed by atoms with Gasteiger partial charge in [-0.15, -0.1) is 0 Å². The molecule has 0 atom stereocenters. The Kier molecular flexibility index (Phi) is 2.32. The van der Waals surface area contributed by atoms with Gasteiger partial charge in [0.05, 0.1) is 13.1 Å². The van der Waals surface area contributed by atoms with Crippen molar-refractivity contribution in [2.75, 3.05) is 23.8 Å². The van der Waals surface area contributed by atoms with Crippen molar-refractivity contribution >= 4 is 12.0 Å². The van der Waals surface area contributed by atoms with E-state index in [1.54, 1.807) is 0 Å². The summed E-state index contributed by atoms with van der Waals surface area (Å²) in [5, 5.41) is 7.54. The predicted octanol–water partition coefficient (Wildman–Crippen LogP) is 1.05. The first kappa shape index (κ1) is 9.95. The summed E-state index contributed by atoms with van der Waals surface area (Å²) in [7, 11) is 0. The lowest BCUT2D eigenvalue weighted by molar-refractivity contribution is 0.329. The maximum atomic E-state index is 5.64. The van der Waals surface area contributed by atoms with Gasteiger partial charge in [0.25, 0.3) is 0 Å². The van der Waals surface area contributed by atoms with E-state index in [0.717, 1.165) is 11.3 Å². The van der Waals surface area contributed by atoms with Crippen LogP contribution >= 0.6 is 0 Å². The van der Waals surface area contributed by atoms with E-state index in [1.807, 2.05) is 29.2 Å². The van der Waals surface area contributed by atoms with Crippen molar-refractivity contribution in [1.82, 2.24) is 10.2 Å². The topological polar surface area (TPSA) is 77.4 Å². The van der Waals surface area contributed by atoms with Crippen LogP contribution in [0.5, 0.6) is 5.75 Å². The Balaban J connectivity index is 1.90. The molecule has 1 aliphatic heterocycles. The molecule has 0 saturated heterocycles. The van der Waals surface area contributed by atoms with Gasteiger partial charge < -0.3 is 19.8 Å². The number of fused-ring (bicyclic) bond motifs is 1. The highest BCUT2D eigenvalue weighted by Crippen LogP contribution is 2.25. The maximum Gasteiger partial charge on any atom is 0.319 e. The van der Waals surface area contributed by atoms with Gasteiger partial charge in [-0.2, -0.15) is 0 Å². The molecule has 1 aromatic carbocycles. The zero-order valence-electron chi connectivity index (χ0n) is 9.17. The van der Waals surface area contributed by atoms with Crippen LogP contribution in [-0.2, 0) is 6.54 Å². The van der Waals surface area contributed by atoms with Crippen LogP contribution in [0.15, 0.2) is 28.7 Å². The van der Waals surface area contributed by atoms with E-state index in [2.05, 4.69) is 10.2 Å². The third-order valence-electron chi connectivity index (χ3n) is 2.65. The molecule has 1 aliphatic rings. The molecule has 0 bridgehead atoms. The summed E-state index contributed by atoms with van der Waals surface area (Å²) in [6.07, 6.45) is 0. The average molecular weight is 232 g/mol. The molecule has 88 valence electrons. The van der Waals surface area contributed by atoms with Gasteiger partial charge in [-0.05, 0) is 6.07 Å². The minimum atomic E-state index is 0.0819. The number of para-hydroxylation sites is 1. The average Bonchev–Trinajstić information content (AvgIpc) is 2.65. The van der Waals surface area contributed by atoms with Crippen molar-refractivity contribution in [2.45, 2.75) is 6.54 Å². The van der Waals surface area contributed by atoms with Crippen LogP contribution in [0, 0.1) is 0 Å². The first-order valence-electron chi connectivity index (χ1n) is 5.37. The van der Waals surface area contributed by atoms with Crippen molar-refractivity contribution in [3.63, 3.8) is 0 Å². The summed E-state index contributed by atoms with van der Waals surface area (Å²) >= 11 is 0. The third kappa shape index (κ3) is 1.89. The number of ether oxygens (including phenoxy) is 1. The minimum Gasteiger partial charge on any atom is -0.491 e. The fourth-order valence-electron chi connectivity index (χ4n) is 1.84. The fourth-order valence-corrected chi connectivity index (χ4v) is 1.84. The minimum absolute atomic E-state index is 0.0819. The van der Waals surface area contributed by atoms with Crippen molar-refractivity contribution in [2.24, 2.45) is 0 Å². The van der Waals surface area contributed by atoms with E-state index in [0.29, 0.717) is 25.7 Å². The summed E-state index contributed by atoms with van der Waals surface area (Å²) in [6, 6.07) is 8.43. The van der Waals surface area contributed by atoms with E-state index in [4.69, 9.17) is 14.9 Å². The van der Waals surface area contributed by atoms with Crippen LogP contribution in [-0.4, -0.2) is 23.3 Å². The van der Waals surface area contributed by atoms with E-state index in [1.165, 1.54) is 0 Å². The van der Waals surface area contributed by atoms with Gasteiger partial charge in [-0.3, -0.25) is 0 Å². The van der Waals surface area contributed by atoms with Gasteiger partial charge in [0.15, 0.2) is 0 Å². The molecule has 0 amide bonds. The second kappa shape index (κ2) is 3.97. The van der Waals surface area contributed by atoms with Gasteiger partial charge in [-0.1, -0.05) is 28.4 Å². The largest absolute Gasteiger partial charge is 0.491 e. The molecule has 3 rings (SSSR count). The number of benzene rings is 1. The Morgan fingerprint density at radius 1 is 1.24 bits per heavy atom. The molecule has 2 aromatic rings. The zero-order valence-corrected chi connectivity index (χ0v) is 9.17. The van der Waals surface area contributed by atoms with Crippen LogP contribution in [0.4, 0.5) is 12.0 Å². The highest BCUT2D eigenvalue weighted by atomic mass is 16.5. The molecule has 0 fully saturated rings. The zero-order chi connectivity index (χ0) is 11.7. The van der Waals surface area contributed by atoms with E-state index >= 15 is 0 Å². The molecule has 0 saturated carbocycles. The molecule has 6 nitrogen and oxygen atoms in total. The monoisotopic (exact) mass is 232 g/mol. The normalized spacial score (nSPS) is 14.9. The first-order valence-corrected chi connectivity index (χ1v) is 5.37. The van der Waals surface area contributed by atoms with Crippen LogP contribution < -0.4 is 15.4 Å². The summed E-state index contributed by atoms with van der Waals surface area (Å²) < 4.78 is 10.9. The smallest absolute Gasteiger partial charge is 0.319 e. The summed E-state index contributed by atoms with van der Waals surface area (Å²) in [4.78, 5) is 1.95. The fraction of sp³-hybridized carbons (Fsp3) is 0.273. The Morgan fingerprint density at radius 3 is 2.94 bits per heavy atom. The van der Waals surface area contributed by atoms with Crippen molar-refractivity contribution in [3.8, 4) is 5.75 Å². The molecule has 0 radical (unpaired) electrons. The van der Waals surface area contributed by atoms with Crippen molar-refractivity contribution in [1.29, 1.82) is 0 Å². The Morgan fingerprint density at radius 2 is 2.12 bits per heavy atom. The van der Waals surface area contributed by atoms with Crippen LogP contribution in [0.3, 0.4) is 0 Å². The van der Waals surface area contributed by atoms with Gasteiger partial charge in [0, 0.05) is 5.56 Å². The number of nitrogens with two attached hydrogens (primary N) is 1. The standard InChI is InChI=1S/C11H12N4O2/c12-10-13-14-11(17-10)15-5-6-16-9-4-2-1-3-8(9)7-15/h1-4H,5-7H2,(H2,12,13). The SMILES string of the molecule is Nc1nnc(N2CCOc3ccccc3C2)o1. The lowest BCUT2D eigenvalue weighted by atomic mass is 10.2. The Labute approximate surface area is 98.0 Å². The highest BCUT2D eigenvalue weighted by molar-refractivity contribution is 5.39. The van der Waals surface area contributed by atoms with Gasteiger partial charge in [-0.25, -0.2) is 0 Å². The lowest BCUT2D eigenvalue weighted by Gasteiger charge is -2.15. The second-order valence-corrected chi connectivity index (χ2v) is 3.80. The summed E-state index contributed by atoms with van der Waals surface area (Å²) in [5.41, 5.74) is 6.52. The van der Waals surface area contributed by atoms with Crippen molar-refractivity contribution in [3.05, 3.63) is 29.8 Å². The molecule has 0 unspecified atom stereocenters. The first-order chi connectivity index (χ1) is 8.33. The molecule has 17 heavy (non-hydrogen) atoms. The summed E-state index contributed by atoms with van der Waals surface area (Å²) in [5.74, 6) is 0.905. The number of rotatable bonds is 1. The molecule has 0 aliphatic carbocycles. The molecule has 6 heteroatoms. The third-order valence-corrected chi connectivity index (χ3v) is 2.65. The molecule has 0 spiro atoms. The quantitative estimate of drug-likeness (QED) is 0.791. The van der Waals surface area contributed by atoms with E-state index < -0.39 is 0 Å². The maximum absolute atomic E-state index is 5.64. The van der Waals surface area contributed by atoms with Gasteiger partial charge >= 0.3 is 12.0 Å². The van der Waals surface area contributed by atoms with Gasteiger partial charge in [0.1, 0.15) is 12.4 Å². The number of hydrogen-bond donors (Lipinski definition) is 1. The lowest BCUT2D eigenvalue weighted by Crippen LogP contribution is -2.25. The molecule has 2 N–H and O–H groups in total. The molecule has 1 aromatic heterocycles. The van der Waals surface area contributed by atoms with E-state index in [9.17, 15) is 0 Å². The van der Waals surface area contributed by atoms with Gasteiger partial charge in [0.2, 0.25) is 0 Å². The predicted molar refractivity (Wildman–Crippen MR) is 61.7 cm³/mol. The molecular formula is C11H12N4O2. The number of aromatic nitrogens is 2. The summed E-state index contributed by atoms with van der Waals surface area (Å²) in [6.45, 7) is 1.95. The Bertz CT molecular complexity index is 526. The van der Waals surface area contributed by atoms with Crippen LogP contribution in [0.2, 0.25) is 0 Å². The van der Waals surface area contributed by atoms with E-state index in [-0.39, 0.29) is 6.01 Å². The number of hydrogen-bond acceptors (Lipinski definition) is 6. The molecular weight excluding hydrogens is 220 g/mol. The second-order valence-electron chi connectivity index (χ2n) is 3.80. The van der Waals surface area contributed by atoms with Crippen molar-refractivity contribution < 1.29 is 9.15 Å². The molecule has 2 heterocycles. The number of anilines is 2. The number of nitrogen functional groups attached to an aromatic ring is 1. The van der Waals surface area contributed by atoms with Crippen LogP contribution in [0.1, 0.15) is 5.56 Å². The Hall–Kier alpha value is -2.24. The highest BCUT2D eigenvalue weighted by Gasteiger charge is 2.19. The van der Waals surface area contributed by atoms with Crippen LogP contribution in [0.25, 0.3) is 0 Å². The number of nitrogens with zero attached hydrogens (tertiary/aromatic N) is 3.